The number of nitrogens with zero attached hydrogens (tertiary/aromatic N) is 3. The lowest BCUT2D eigenvalue weighted by atomic mass is 10.1. The monoisotopic (exact) mass is 513 g/mol. The van der Waals surface area contributed by atoms with Crippen molar-refractivity contribution in [3.05, 3.63) is 53.8 Å². The van der Waals surface area contributed by atoms with E-state index >= 15 is 0 Å². The first-order valence-electron chi connectivity index (χ1n) is 10.5. The number of halogens is 2. The summed E-state index contributed by atoms with van der Waals surface area (Å²) in [7, 11) is 0.233. The van der Waals surface area contributed by atoms with Gasteiger partial charge < -0.3 is 4.90 Å². The number of aromatic nitrogens is 1. The molecule has 0 unspecified atom stereocenters. The molecule has 3 rings (SSSR count). The zero-order valence-corrected chi connectivity index (χ0v) is 21.4. The minimum Gasteiger partial charge on any atom is -0.309 e. The van der Waals surface area contributed by atoms with Gasteiger partial charge in [0, 0.05) is 13.0 Å². The average molecular weight is 514 g/mol. The van der Waals surface area contributed by atoms with Crippen LogP contribution in [-0.4, -0.2) is 57.1 Å². The maximum atomic E-state index is 13.1. The molecular weight excluding hydrogens is 485 g/mol. The van der Waals surface area contributed by atoms with Crippen molar-refractivity contribution in [3.63, 3.8) is 0 Å². The molecule has 0 spiro atoms. The second kappa shape index (κ2) is 11.9. The molecule has 0 saturated heterocycles. The molecule has 0 aliphatic carbocycles. The van der Waals surface area contributed by atoms with Gasteiger partial charge in [-0.2, -0.15) is 0 Å². The number of thiazole rings is 1. The molecule has 0 fully saturated rings. The quantitative estimate of drug-likeness (QED) is 0.371. The summed E-state index contributed by atoms with van der Waals surface area (Å²) in [6, 6.07) is 10.7. The highest BCUT2D eigenvalue weighted by Gasteiger charge is 2.23. The van der Waals surface area contributed by atoms with Crippen LogP contribution in [0.4, 0.5) is 9.52 Å². The van der Waals surface area contributed by atoms with Crippen LogP contribution in [0.15, 0.2) is 47.4 Å². The van der Waals surface area contributed by atoms with Gasteiger partial charge in [-0.1, -0.05) is 30.4 Å². The van der Waals surface area contributed by atoms with Crippen molar-refractivity contribution in [1.29, 1.82) is 0 Å². The molecule has 0 aliphatic heterocycles. The van der Waals surface area contributed by atoms with Crippen LogP contribution in [0, 0.1) is 5.82 Å². The smallest absolute Gasteiger partial charge is 0.229 e. The Morgan fingerprint density at radius 2 is 1.79 bits per heavy atom. The van der Waals surface area contributed by atoms with E-state index in [9.17, 15) is 17.6 Å². The Labute approximate surface area is 204 Å². The summed E-state index contributed by atoms with van der Waals surface area (Å²) in [5.41, 5.74) is 2.00. The molecule has 3 aromatic rings. The van der Waals surface area contributed by atoms with Crippen LogP contribution in [0.1, 0.15) is 25.3 Å². The van der Waals surface area contributed by atoms with Gasteiger partial charge in [0.15, 0.2) is 15.0 Å². The zero-order valence-electron chi connectivity index (χ0n) is 19.0. The van der Waals surface area contributed by atoms with E-state index in [4.69, 9.17) is 4.98 Å². The molecule has 0 N–H and O–H groups in total. The molecule has 0 atom stereocenters. The Balaban J connectivity index is 0.00000385. The lowest BCUT2D eigenvalue weighted by Gasteiger charge is -2.21. The zero-order chi connectivity index (χ0) is 23.3. The fourth-order valence-corrected chi connectivity index (χ4v) is 5.67. The third-order valence-corrected chi connectivity index (χ3v) is 7.92. The van der Waals surface area contributed by atoms with Gasteiger partial charge in [0.05, 0.1) is 20.9 Å². The normalized spacial score (nSPS) is 11.5. The minimum atomic E-state index is -3.70. The summed E-state index contributed by atoms with van der Waals surface area (Å²) >= 11 is 1.44. The van der Waals surface area contributed by atoms with Crippen molar-refractivity contribution in [1.82, 2.24) is 9.88 Å². The van der Waals surface area contributed by atoms with E-state index in [2.05, 4.69) is 6.92 Å². The molecular formula is C23H29ClFN3O3S2. The third kappa shape index (κ3) is 6.96. The number of rotatable bonds is 10. The van der Waals surface area contributed by atoms with Crippen LogP contribution in [0.3, 0.4) is 0 Å². The highest BCUT2D eigenvalue weighted by Crippen LogP contribution is 2.31. The van der Waals surface area contributed by atoms with E-state index in [1.54, 1.807) is 4.90 Å². The molecule has 0 radical (unpaired) electrons. The van der Waals surface area contributed by atoms with E-state index in [-0.39, 0.29) is 35.4 Å². The predicted molar refractivity (Wildman–Crippen MR) is 135 cm³/mol. The van der Waals surface area contributed by atoms with Gasteiger partial charge in [0.2, 0.25) is 5.91 Å². The lowest BCUT2D eigenvalue weighted by Crippen LogP contribution is -2.34. The number of aryl methyl sites for hydroxylation is 1. The highest BCUT2D eigenvalue weighted by molar-refractivity contribution is 7.91. The van der Waals surface area contributed by atoms with Crippen LogP contribution < -0.4 is 4.90 Å². The van der Waals surface area contributed by atoms with Crippen LogP contribution >= 0.6 is 23.7 Å². The first-order valence-corrected chi connectivity index (χ1v) is 13.0. The number of carbonyl (C=O) groups is 1. The van der Waals surface area contributed by atoms with Crippen molar-refractivity contribution in [2.45, 2.75) is 31.1 Å². The minimum absolute atomic E-state index is 0. The Kier molecular flexibility index (Phi) is 9.78. The molecule has 0 bridgehead atoms. The average Bonchev–Trinajstić information content (AvgIpc) is 3.19. The Hall–Kier alpha value is -2.07. The SMILES string of the molecule is CCc1cccc2sc(N(CCCN(C)C)C(=O)CCS(=O)(=O)c3ccc(F)cc3)nc12.Cl. The van der Waals surface area contributed by atoms with E-state index in [1.807, 2.05) is 37.2 Å². The molecule has 33 heavy (non-hydrogen) atoms. The number of carbonyl (C=O) groups excluding carboxylic acids is 1. The maximum absolute atomic E-state index is 13.1. The number of anilines is 1. The van der Waals surface area contributed by atoms with Gasteiger partial charge in [-0.3, -0.25) is 9.69 Å². The molecule has 6 nitrogen and oxygen atoms in total. The maximum Gasteiger partial charge on any atom is 0.229 e. The summed E-state index contributed by atoms with van der Waals surface area (Å²) in [6.07, 6.45) is 1.41. The summed E-state index contributed by atoms with van der Waals surface area (Å²) in [6.45, 7) is 3.31. The lowest BCUT2D eigenvalue weighted by molar-refractivity contribution is -0.118. The number of para-hydroxylation sites is 1. The molecule has 0 saturated carbocycles. The number of amides is 1. The highest BCUT2D eigenvalue weighted by atomic mass is 35.5. The number of benzene rings is 2. The molecule has 1 heterocycles. The van der Waals surface area contributed by atoms with Crippen LogP contribution in [0.5, 0.6) is 0 Å². The summed E-state index contributed by atoms with van der Waals surface area (Å²) in [4.78, 5) is 21.5. The van der Waals surface area contributed by atoms with Gasteiger partial charge in [-0.25, -0.2) is 17.8 Å². The predicted octanol–water partition coefficient (Wildman–Crippen LogP) is 4.57. The fraction of sp³-hybridized carbons (Fsp3) is 0.391. The topological polar surface area (TPSA) is 70.6 Å². The molecule has 180 valence electrons. The van der Waals surface area contributed by atoms with E-state index in [0.29, 0.717) is 11.7 Å². The van der Waals surface area contributed by atoms with Crippen LogP contribution in [0.25, 0.3) is 10.2 Å². The number of fused-ring (bicyclic) bond motifs is 1. The summed E-state index contributed by atoms with van der Waals surface area (Å²) in [5.74, 6) is -1.13. The number of sulfone groups is 1. The van der Waals surface area contributed by atoms with Crippen molar-refractivity contribution in [2.75, 3.05) is 37.8 Å². The number of hydrogen-bond acceptors (Lipinski definition) is 6. The fourth-order valence-electron chi connectivity index (χ4n) is 3.38. The van der Waals surface area contributed by atoms with Gasteiger partial charge in [-0.05, 0) is 69.4 Å². The van der Waals surface area contributed by atoms with Gasteiger partial charge in [0.25, 0.3) is 0 Å². The third-order valence-electron chi connectivity index (χ3n) is 5.15. The Bertz CT molecular complexity index is 1180. The Morgan fingerprint density at radius 3 is 2.42 bits per heavy atom. The van der Waals surface area contributed by atoms with E-state index in [0.717, 1.165) is 47.3 Å². The van der Waals surface area contributed by atoms with Crippen LogP contribution in [-0.2, 0) is 21.1 Å². The van der Waals surface area contributed by atoms with Gasteiger partial charge in [-0.15, -0.1) is 12.4 Å². The summed E-state index contributed by atoms with van der Waals surface area (Å²) < 4.78 is 39.4. The standard InChI is InChI=1S/C23H28FN3O3S2.ClH/c1-4-17-7-5-8-20-22(17)25-23(31-20)27(15-6-14-26(2)3)21(28)13-16-32(29,30)19-11-9-18(24)10-12-19;/h5,7-12H,4,6,13-16H2,1-3H3;1H. The second-order valence-corrected chi connectivity index (χ2v) is 11.0. The van der Waals surface area contributed by atoms with Crippen molar-refractivity contribution < 1.29 is 17.6 Å². The van der Waals surface area contributed by atoms with Crippen LogP contribution in [0.2, 0.25) is 0 Å². The number of hydrogen-bond donors (Lipinski definition) is 0. The molecule has 0 aliphatic rings. The molecule has 10 heteroatoms. The van der Waals surface area contributed by atoms with E-state index < -0.39 is 15.7 Å². The molecule has 1 amide bonds. The molecule has 2 aromatic carbocycles. The summed E-state index contributed by atoms with van der Waals surface area (Å²) in [5, 5.41) is 0.587. The Morgan fingerprint density at radius 1 is 1.09 bits per heavy atom. The first kappa shape index (κ1) is 27.2. The van der Waals surface area contributed by atoms with Crippen molar-refractivity contribution in [3.8, 4) is 0 Å². The second-order valence-electron chi connectivity index (χ2n) is 7.84. The van der Waals surface area contributed by atoms with Gasteiger partial charge >= 0.3 is 0 Å². The first-order chi connectivity index (χ1) is 15.2. The van der Waals surface area contributed by atoms with Crippen molar-refractivity contribution in [2.24, 2.45) is 0 Å². The van der Waals surface area contributed by atoms with Gasteiger partial charge in [0.1, 0.15) is 5.82 Å². The van der Waals surface area contributed by atoms with E-state index in [1.165, 1.54) is 23.5 Å². The van der Waals surface area contributed by atoms with Crippen molar-refractivity contribution >= 4 is 54.8 Å². The molecule has 1 aromatic heterocycles. The largest absolute Gasteiger partial charge is 0.309 e.